The molecule has 0 bridgehead atoms. The summed E-state index contributed by atoms with van der Waals surface area (Å²) in [4.78, 5) is 23.8. The minimum atomic E-state index is -0.164. The molecule has 0 spiro atoms. The predicted molar refractivity (Wildman–Crippen MR) is 191 cm³/mol. The monoisotopic (exact) mass is 653 g/mol. The van der Waals surface area contributed by atoms with Crippen molar-refractivity contribution in [2.24, 2.45) is 0 Å². The van der Waals surface area contributed by atoms with Gasteiger partial charge in [0.05, 0.1) is 0 Å². The third-order valence-electron chi connectivity index (χ3n) is 8.58. The van der Waals surface area contributed by atoms with Crippen LogP contribution in [0.4, 0.5) is 0 Å². The number of ether oxygens (including phenoxy) is 2. The van der Waals surface area contributed by atoms with Gasteiger partial charge in [-0.3, -0.25) is 9.59 Å². The van der Waals surface area contributed by atoms with E-state index in [0.29, 0.717) is 12.8 Å². The molecule has 266 valence electrons. The van der Waals surface area contributed by atoms with Crippen LogP contribution >= 0.6 is 0 Å². The molecule has 0 aliphatic heterocycles. The number of carbonyl (C=O) groups is 2. The fourth-order valence-corrected chi connectivity index (χ4v) is 5.74. The summed E-state index contributed by atoms with van der Waals surface area (Å²) in [6.45, 7) is 4.92. The first kappa shape index (κ1) is 51.5. The zero-order valence-electron chi connectivity index (χ0n) is 30.3. The minimum absolute atomic E-state index is 0. The van der Waals surface area contributed by atoms with Crippen molar-refractivity contribution in [3.8, 4) is 0 Å². The molecule has 0 aromatic rings. The van der Waals surface area contributed by atoms with E-state index < -0.39 is 0 Å². The van der Waals surface area contributed by atoms with Crippen molar-refractivity contribution in [3.63, 3.8) is 0 Å². The summed E-state index contributed by atoms with van der Waals surface area (Å²) >= 11 is 0. The SMILES string of the molecule is CCCCCCCCCCCCCCCCCC(=O)OCCOC(=O)CCCCCCCCCCCCCCCCC.[Mg+2].[OH-].[OH-]. The quantitative estimate of drug-likeness (QED) is 0.0382. The molecular weight excluding hydrogens is 577 g/mol. The molecule has 0 aliphatic rings. The van der Waals surface area contributed by atoms with E-state index >= 15 is 0 Å². The van der Waals surface area contributed by atoms with E-state index in [4.69, 9.17) is 9.47 Å². The van der Waals surface area contributed by atoms with Crippen LogP contribution in [0.2, 0.25) is 0 Å². The van der Waals surface area contributed by atoms with Crippen LogP contribution in [0, 0.1) is 0 Å². The van der Waals surface area contributed by atoms with Crippen molar-refractivity contribution in [2.45, 2.75) is 219 Å². The van der Waals surface area contributed by atoms with Gasteiger partial charge in [0.15, 0.2) is 0 Å². The Kier molecular flexibility index (Phi) is 52.3. The van der Waals surface area contributed by atoms with Crippen LogP contribution in [0.1, 0.15) is 219 Å². The Balaban J connectivity index is -0.00000280. The Morgan fingerprint density at radius 3 is 0.711 bits per heavy atom. The van der Waals surface area contributed by atoms with E-state index in [-0.39, 0.29) is 59.2 Å². The molecule has 0 aromatic heterocycles. The molecule has 0 heterocycles. The molecule has 2 N–H and O–H groups in total. The summed E-state index contributed by atoms with van der Waals surface area (Å²) in [5.41, 5.74) is 0. The van der Waals surface area contributed by atoms with Crippen molar-refractivity contribution >= 4 is 35.0 Å². The maximum atomic E-state index is 11.9. The molecule has 0 saturated carbocycles. The number of esters is 2. The number of carbonyl (C=O) groups excluding carboxylic acids is 2. The van der Waals surface area contributed by atoms with Crippen LogP contribution in [0.15, 0.2) is 0 Å². The molecule has 45 heavy (non-hydrogen) atoms. The molecule has 0 aromatic carbocycles. The van der Waals surface area contributed by atoms with Crippen LogP contribution in [0.5, 0.6) is 0 Å². The van der Waals surface area contributed by atoms with Crippen LogP contribution < -0.4 is 0 Å². The van der Waals surface area contributed by atoms with Gasteiger partial charge in [0, 0.05) is 12.8 Å². The van der Waals surface area contributed by atoms with Gasteiger partial charge in [-0.2, -0.15) is 0 Å². The van der Waals surface area contributed by atoms with Crippen LogP contribution in [-0.4, -0.2) is 59.2 Å². The summed E-state index contributed by atoms with van der Waals surface area (Å²) < 4.78 is 10.5. The zero-order chi connectivity index (χ0) is 30.6. The van der Waals surface area contributed by atoms with Crippen molar-refractivity contribution in [3.05, 3.63) is 0 Å². The Morgan fingerprint density at radius 1 is 0.333 bits per heavy atom. The number of hydrogen-bond acceptors (Lipinski definition) is 6. The molecule has 7 heteroatoms. The summed E-state index contributed by atoms with van der Waals surface area (Å²) in [5.74, 6) is -0.327. The first-order valence-electron chi connectivity index (χ1n) is 19.0. The second-order valence-electron chi connectivity index (χ2n) is 12.8. The van der Waals surface area contributed by atoms with Gasteiger partial charge in [0.1, 0.15) is 13.2 Å². The van der Waals surface area contributed by atoms with Gasteiger partial charge in [-0.1, -0.05) is 194 Å². The van der Waals surface area contributed by atoms with Crippen molar-refractivity contribution in [1.82, 2.24) is 0 Å². The third-order valence-corrected chi connectivity index (χ3v) is 8.58. The number of hydrogen-bond donors (Lipinski definition) is 0. The smallest absolute Gasteiger partial charge is 0.870 e. The standard InChI is InChI=1S/C38H74O4.Mg.2H2O/c1-3-5-7-9-11-13-15-17-19-21-23-25-27-29-31-33-37(39)41-35-36-42-38(40)34-32-30-28-26-24-22-20-18-16-14-12-10-8-6-4-2;;;/h3-36H2,1-2H3;;2*1H2/q;+2;;/p-2. The maximum Gasteiger partial charge on any atom is 2.00 e. The average molecular weight is 653 g/mol. The van der Waals surface area contributed by atoms with Crippen molar-refractivity contribution < 1.29 is 30.0 Å². The average Bonchev–Trinajstić information content (AvgIpc) is 2.99. The molecule has 0 radical (unpaired) electrons. The summed E-state index contributed by atoms with van der Waals surface area (Å²) in [7, 11) is 0. The molecule has 0 atom stereocenters. The van der Waals surface area contributed by atoms with Gasteiger partial charge >= 0.3 is 35.0 Å². The first-order valence-corrected chi connectivity index (χ1v) is 19.0. The Bertz CT molecular complexity index is 512. The number of rotatable bonds is 35. The zero-order valence-corrected chi connectivity index (χ0v) is 31.7. The summed E-state index contributed by atoms with van der Waals surface area (Å²) in [6.07, 6.45) is 40.5. The first-order chi connectivity index (χ1) is 20.7. The predicted octanol–water partition coefficient (Wildman–Crippen LogP) is 11.9. The van der Waals surface area contributed by atoms with E-state index in [9.17, 15) is 9.59 Å². The van der Waals surface area contributed by atoms with Gasteiger partial charge in [-0.05, 0) is 12.8 Å². The molecule has 0 fully saturated rings. The minimum Gasteiger partial charge on any atom is -0.870 e. The topological polar surface area (TPSA) is 113 Å². The van der Waals surface area contributed by atoms with Gasteiger partial charge < -0.3 is 20.4 Å². The van der Waals surface area contributed by atoms with Gasteiger partial charge in [-0.25, -0.2) is 0 Å². The van der Waals surface area contributed by atoms with E-state index in [1.807, 2.05) is 0 Å². The van der Waals surface area contributed by atoms with E-state index in [1.165, 1.54) is 167 Å². The third kappa shape index (κ3) is 45.8. The molecule has 0 aliphatic carbocycles. The fourth-order valence-electron chi connectivity index (χ4n) is 5.74. The van der Waals surface area contributed by atoms with Crippen LogP contribution in [-0.2, 0) is 19.1 Å². The number of unbranched alkanes of at least 4 members (excludes halogenated alkanes) is 28. The molecule has 6 nitrogen and oxygen atoms in total. The summed E-state index contributed by atoms with van der Waals surface area (Å²) in [5, 5.41) is 0. The van der Waals surface area contributed by atoms with E-state index in [1.54, 1.807) is 0 Å². The van der Waals surface area contributed by atoms with Crippen molar-refractivity contribution in [2.75, 3.05) is 13.2 Å². The fraction of sp³-hybridized carbons (Fsp3) is 0.947. The second-order valence-corrected chi connectivity index (χ2v) is 12.8. The summed E-state index contributed by atoms with van der Waals surface area (Å²) in [6, 6.07) is 0. The van der Waals surface area contributed by atoms with Gasteiger partial charge in [0.2, 0.25) is 0 Å². The largest absolute Gasteiger partial charge is 2.00 e. The van der Waals surface area contributed by atoms with Crippen LogP contribution in [0.25, 0.3) is 0 Å². The molecule has 0 rings (SSSR count). The molecule has 0 saturated heterocycles. The van der Waals surface area contributed by atoms with E-state index in [2.05, 4.69) is 13.8 Å². The van der Waals surface area contributed by atoms with Gasteiger partial charge in [0.25, 0.3) is 0 Å². The van der Waals surface area contributed by atoms with E-state index in [0.717, 1.165) is 25.7 Å². The Morgan fingerprint density at radius 2 is 0.511 bits per heavy atom. The van der Waals surface area contributed by atoms with Crippen molar-refractivity contribution in [1.29, 1.82) is 0 Å². The normalized spacial score (nSPS) is 10.4. The molecule has 0 amide bonds. The Labute approximate surface area is 296 Å². The van der Waals surface area contributed by atoms with Gasteiger partial charge in [-0.15, -0.1) is 0 Å². The van der Waals surface area contributed by atoms with Crippen LogP contribution in [0.3, 0.4) is 0 Å². The Hall–Kier alpha value is -0.374. The maximum absolute atomic E-state index is 11.9. The molecular formula is C38H76MgO6. The molecule has 0 unspecified atom stereocenters. The second kappa shape index (κ2) is 45.7.